The first kappa shape index (κ1) is 19.0. The Morgan fingerprint density at radius 1 is 1.13 bits per heavy atom. The first-order chi connectivity index (χ1) is 14.6. The minimum atomic E-state index is -0.200. The summed E-state index contributed by atoms with van der Waals surface area (Å²) < 4.78 is 4.02. The highest BCUT2D eigenvalue weighted by molar-refractivity contribution is 6.01. The Labute approximate surface area is 175 Å². The summed E-state index contributed by atoms with van der Waals surface area (Å²) in [6.07, 6.45) is 4.99. The number of anilines is 1. The SMILES string of the molecule is CC(C)n1cc(CN2C[C@H]3Cc4nnc(C(=O)Nc5ccccc5)n4C[C@H]3C2)cn1. The van der Waals surface area contributed by atoms with Crippen molar-refractivity contribution in [2.75, 3.05) is 18.4 Å². The van der Waals surface area contributed by atoms with Gasteiger partial charge in [-0.1, -0.05) is 18.2 Å². The molecule has 8 heteroatoms. The Bertz CT molecular complexity index is 1040. The van der Waals surface area contributed by atoms with Gasteiger partial charge in [0.15, 0.2) is 0 Å². The highest BCUT2D eigenvalue weighted by Gasteiger charge is 2.39. The number of aromatic nitrogens is 5. The summed E-state index contributed by atoms with van der Waals surface area (Å²) in [6, 6.07) is 9.85. The molecule has 3 aromatic rings. The quantitative estimate of drug-likeness (QED) is 0.706. The molecule has 30 heavy (non-hydrogen) atoms. The largest absolute Gasteiger partial charge is 0.319 e. The fourth-order valence-corrected chi connectivity index (χ4v) is 4.63. The number of benzene rings is 1. The molecule has 4 heterocycles. The second kappa shape index (κ2) is 7.68. The van der Waals surface area contributed by atoms with Gasteiger partial charge in [-0.3, -0.25) is 14.4 Å². The number of para-hydroxylation sites is 1. The van der Waals surface area contributed by atoms with Crippen LogP contribution in [0.5, 0.6) is 0 Å². The van der Waals surface area contributed by atoms with Crippen LogP contribution in [0.3, 0.4) is 0 Å². The fourth-order valence-electron chi connectivity index (χ4n) is 4.63. The van der Waals surface area contributed by atoms with Gasteiger partial charge in [-0.15, -0.1) is 10.2 Å². The molecule has 2 aliphatic heterocycles. The number of carbonyl (C=O) groups excluding carboxylic acids is 1. The number of likely N-dealkylation sites (tertiary alicyclic amines) is 1. The van der Waals surface area contributed by atoms with Crippen LogP contribution in [0, 0.1) is 11.8 Å². The molecule has 1 saturated heterocycles. The molecule has 0 unspecified atom stereocenters. The maximum Gasteiger partial charge on any atom is 0.293 e. The van der Waals surface area contributed by atoms with E-state index < -0.39 is 0 Å². The van der Waals surface area contributed by atoms with Crippen molar-refractivity contribution in [1.29, 1.82) is 0 Å². The van der Waals surface area contributed by atoms with Gasteiger partial charge in [0.1, 0.15) is 5.82 Å². The summed E-state index contributed by atoms with van der Waals surface area (Å²) >= 11 is 0. The van der Waals surface area contributed by atoms with Crippen LogP contribution in [0.2, 0.25) is 0 Å². The van der Waals surface area contributed by atoms with Crippen molar-refractivity contribution in [3.63, 3.8) is 0 Å². The van der Waals surface area contributed by atoms with Crippen LogP contribution >= 0.6 is 0 Å². The van der Waals surface area contributed by atoms with E-state index in [4.69, 9.17) is 0 Å². The van der Waals surface area contributed by atoms with Gasteiger partial charge in [0.2, 0.25) is 5.82 Å². The molecule has 156 valence electrons. The van der Waals surface area contributed by atoms with Gasteiger partial charge in [-0.05, 0) is 37.8 Å². The Kier molecular flexibility index (Phi) is 4.86. The molecule has 0 saturated carbocycles. The number of fused-ring (bicyclic) bond motifs is 2. The average molecular weight is 406 g/mol. The molecule has 2 aromatic heterocycles. The van der Waals surface area contributed by atoms with E-state index in [2.05, 4.69) is 45.6 Å². The highest BCUT2D eigenvalue weighted by Crippen LogP contribution is 2.33. The lowest BCUT2D eigenvalue weighted by molar-refractivity contribution is 0.100. The molecular weight excluding hydrogens is 378 g/mol. The first-order valence-electron chi connectivity index (χ1n) is 10.6. The molecule has 1 amide bonds. The van der Waals surface area contributed by atoms with Gasteiger partial charge in [0.25, 0.3) is 5.91 Å². The molecule has 5 rings (SSSR count). The predicted molar refractivity (Wildman–Crippen MR) is 113 cm³/mol. The van der Waals surface area contributed by atoms with Crippen molar-refractivity contribution in [3.8, 4) is 0 Å². The van der Waals surface area contributed by atoms with E-state index in [9.17, 15) is 4.79 Å². The highest BCUT2D eigenvalue weighted by atomic mass is 16.2. The van der Waals surface area contributed by atoms with E-state index in [1.165, 1.54) is 5.56 Å². The third-order valence-corrected chi connectivity index (χ3v) is 6.17. The van der Waals surface area contributed by atoms with Crippen molar-refractivity contribution in [1.82, 2.24) is 29.4 Å². The maximum absolute atomic E-state index is 12.7. The molecule has 0 spiro atoms. The number of hydrogen-bond donors (Lipinski definition) is 1. The maximum atomic E-state index is 12.7. The molecule has 1 fully saturated rings. The fraction of sp³-hybridized carbons (Fsp3) is 0.455. The second-order valence-corrected chi connectivity index (χ2v) is 8.71. The molecule has 0 radical (unpaired) electrons. The third-order valence-electron chi connectivity index (χ3n) is 6.17. The van der Waals surface area contributed by atoms with E-state index >= 15 is 0 Å². The number of nitrogens with zero attached hydrogens (tertiary/aromatic N) is 6. The van der Waals surface area contributed by atoms with E-state index in [0.717, 1.165) is 44.1 Å². The zero-order valence-electron chi connectivity index (χ0n) is 17.4. The van der Waals surface area contributed by atoms with Crippen molar-refractivity contribution >= 4 is 11.6 Å². The Morgan fingerprint density at radius 2 is 1.93 bits per heavy atom. The summed E-state index contributed by atoms with van der Waals surface area (Å²) in [7, 11) is 0. The molecular formula is C22H27N7O. The smallest absolute Gasteiger partial charge is 0.293 e. The molecule has 0 aliphatic carbocycles. The Morgan fingerprint density at radius 3 is 2.70 bits per heavy atom. The van der Waals surface area contributed by atoms with Crippen LogP contribution in [0.25, 0.3) is 0 Å². The molecule has 0 bridgehead atoms. The van der Waals surface area contributed by atoms with E-state index in [-0.39, 0.29) is 5.91 Å². The summed E-state index contributed by atoms with van der Waals surface area (Å²) in [5.74, 6) is 2.20. The molecule has 1 aromatic carbocycles. The van der Waals surface area contributed by atoms with Crippen LogP contribution in [0.15, 0.2) is 42.7 Å². The van der Waals surface area contributed by atoms with E-state index in [1.54, 1.807) is 0 Å². The zero-order chi connectivity index (χ0) is 20.7. The first-order valence-corrected chi connectivity index (χ1v) is 10.6. The lowest BCUT2D eigenvalue weighted by atomic mass is 9.89. The number of hydrogen-bond acceptors (Lipinski definition) is 5. The lowest BCUT2D eigenvalue weighted by Crippen LogP contribution is -2.31. The normalized spacial score (nSPS) is 20.9. The zero-order valence-corrected chi connectivity index (χ0v) is 17.4. The van der Waals surface area contributed by atoms with Gasteiger partial charge in [0, 0.05) is 56.1 Å². The number of carbonyl (C=O) groups is 1. The summed E-state index contributed by atoms with van der Waals surface area (Å²) in [5, 5.41) is 15.9. The Balaban J connectivity index is 1.26. The summed E-state index contributed by atoms with van der Waals surface area (Å²) in [6.45, 7) is 8.07. The van der Waals surface area contributed by atoms with Gasteiger partial charge in [-0.25, -0.2) is 0 Å². The minimum Gasteiger partial charge on any atom is -0.319 e. The second-order valence-electron chi connectivity index (χ2n) is 8.71. The average Bonchev–Trinajstić information content (AvgIpc) is 3.44. The molecule has 8 nitrogen and oxygen atoms in total. The van der Waals surface area contributed by atoms with Crippen LogP contribution in [-0.2, 0) is 19.5 Å². The third kappa shape index (κ3) is 3.63. The number of amides is 1. The number of rotatable bonds is 5. The molecule has 2 atom stereocenters. The topological polar surface area (TPSA) is 80.9 Å². The van der Waals surface area contributed by atoms with Gasteiger partial charge < -0.3 is 9.88 Å². The number of nitrogens with one attached hydrogen (secondary N) is 1. The van der Waals surface area contributed by atoms with Crippen LogP contribution in [0.4, 0.5) is 5.69 Å². The molecule has 1 N–H and O–H groups in total. The van der Waals surface area contributed by atoms with Crippen LogP contribution in [-0.4, -0.2) is 48.4 Å². The lowest BCUT2D eigenvalue weighted by Gasteiger charge is -2.25. The van der Waals surface area contributed by atoms with E-state index in [1.807, 2.05) is 45.8 Å². The van der Waals surface area contributed by atoms with Crippen LogP contribution < -0.4 is 5.32 Å². The predicted octanol–water partition coefficient (Wildman–Crippen LogP) is 2.61. The monoisotopic (exact) mass is 405 g/mol. The van der Waals surface area contributed by atoms with Crippen molar-refractivity contribution < 1.29 is 4.79 Å². The van der Waals surface area contributed by atoms with Crippen molar-refractivity contribution in [3.05, 3.63) is 59.9 Å². The summed E-state index contributed by atoms with van der Waals surface area (Å²) in [5.41, 5.74) is 2.02. The molecule has 2 aliphatic rings. The van der Waals surface area contributed by atoms with E-state index in [0.29, 0.717) is 23.7 Å². The van der Waals surface area contributed by atoms with Crippen molar-refractivity contribution in [2.24, 2.45) is 11.8 Å². The Hall–Kier alpha value is -3.00. The van der Waals surface area contributed by atoms with Gasteiger partial charge in [-0.2, -0.15) is 5.10 Å². The standard InChI is InChI=1S/C22H27N7O/c1-15(2)29-11-16(9-23-29)10-27-12-17-8-20-25-26-21(28(20)14-18(17)13-27)22(30)24-19-6-4-3-5-7-19/h3-7,9,11,15,17-18H,8,10,12-14H2,1-2H3,(H,24,30)/t17-,18-/m1/s1. The van der Waals surface area contributed by atoms with Gasteiger partial charge >= 0.3 is 0 Å². The van der Waals surface area contributed by atoms with Gasteiger partial charge in [0.05, 0.1) is 6.20 Å². The van der Waals surface area contributed by atoms with Crippen LogP contribution in [0.1, 0.15) is 41.9 Å². The summed E-state index contributed by atoms with van der Waals surface area (Å²) in [4.78, 5) is 15.2. The van der Waals surface area contributed by atoms with Crippen molar-refractivity contribution in [2.45, 2.75) is 39.4 Å². The minimum absolute atomic E-state index is 0.200.